The van der Waals surface area contributed by atoms with Crippen LogP contribution in [0.1, 0.15) is 22.3 Å². The van der Waals surface area contributed by atoms with E-state index < -0.39 is 0 Å². The predicted molar refractivity (Wildman–Crippen MR) is 76.1 cm³/mol. The minimum absolute atomic E-state index is 0.152. The summed E-state index contributed by atoms with van der Waals surface area (Å²) in [6.45, 7) is 0. The maximum absolute atomic E-state index is 10.2. The van der Waals surface area contributed by atoms with E-state index in [0.717, 1.165) is 0 Å². The molecule has 2 aliphatic carbocycles. The number of allylic oxidation sites excluding steroid dienone is 2. The van der Waals surface area contributed by atoms with Gasteiger partial charge in [-0.1, -0.05) is 24.3 Å². The first-order valence-electron chi connectivity index (χ1n) is 6.41. The third kappa shape index (κ3) is 1.12. The number of aromatic hydroxyl groups is 4. The highest BCUT2D eigenvalue weighted by molar-refractivity contribution is 6.08. The van der Waals surface area contributed by atoms with Gasteiger partial charge in [-0.3, -0.25) is 0 Å². The number of benzene rings is 2. The molecule has 4 heteroatoms. The second-order valence-corrected chi connectivity index (χ2v) is 5.14. The Morgan fingerprint density at radius 3 is 1.40 bits per heavy atom. The largest absolute Gasteiger partial charge is 0.504 e. The summed E-state index contributed by atoms with van der Waals surface area (Å²) in [7, 11) is 0. The van der Waals surface area contributed by atoms with Crippen LogP contribution in [0.3, 0.4) is 0 Å². The van der Waals surface area contributed by atoms with Gasteiger partial charge in [0.15, 0.2) is 23.0 Å². The molecular formula is C16H12O4. The standard InChI is InChI=1S/C16H12O4/c17-13-7-3-1-4-8-11(7)12-9(15(13)19)5-2-6-10(12)16(20)14(8)18/h1-3,6,17-20H,4-5H2. The Kier molecular flexibility index (Phi) is 1.95. The second-order valence-electron chi connectivity index (χ2n) is 5.14. The lowest BCUT2D eigenvalue weighted by atomic mass is 9.83. The van der Waals surface area contributed by atoms with E-state index in [2.05, 4.69) is 0 Å². The molecule has 0 spiro atoms. The van der Waals surface area contributed by atoms with Gasteiger partial charge in [0.1, 0.15) is 0 Å². The fraction of sp³-hybridized carbons (Fsp3) is 0.125. The summed E-state index contributed by atoms with van der Waals surface area (Å²) in [5.74, 6) is -0.645. The first-order chi connectivity index (χ1) is 9.61. The van der Waals surface area contributed by atoms with E-state index in [9.17, 15) is 20.4 Å². The van der Waals surface area contributed by atoms with Crippen LogP contribution in [-0.4, -0.2) is 20.4 Å². The third-order valence-corrected chi connectivity index (χ3v) is 4.14. The summed E-state index contributed by atoms with van der Waals surface area (Å²) >= 11 is 0. The van der Waals surface area contributed by atoms with Crippen LogP contribution in [0, 0.1) is 0 Å². The fourth-order valence-corrected chi connectivity index (χ4v) is 3.22. The fourth-order valence-electron chi connectivity index (χ4n) is 3.22. The molecule has 4 N–H and O–H groups in total. The number of rotatable bonds is 0. The molecule has 2 aromatic rings. The minimum atomic E-state index is -0.170. The van der Waals surface area contributed by atoms with Crippen molar-refractivity contribution in [3.8, 4) is 23.0 Å². The van der Waals surface area contributed by atoms with Gasteiger partial charge in [-0.2, -0.15) is 0 Å². The first-order valence-corrected chi connectivity index (χ1v) is 6.41. The first kappa shape index (κ1) is 11.2. The third-order valence-electron chi connectivity index (χ3n) is 4.14. The van der Waals surface area contributed by atoms with Crippen molar-refractivity contribution in [3.63, 3.8) is 0 Å². The molecule has 2 aliphatic rings. The van der Waals surface area contributed by atoms with Crippen LogP contribution < -0.4 is 0 Å². The van der Waals surface area contributed by atoms with Gasteiger partial charge in [-0.15, -0.1) is 0 Å². The van der Waals surface area contributed by atoms with Crippen molar-refractivity contribution in [1.29, 1.82) is 0 Å². The van der Waals surface area contributed by atoms with Crippen LogP contribution in [0.25, 0.3) is 22.9 Å². The number of phenols is 4. The lowest BCUT2D eigenvalue weighted by Gasteiger charge is -2.24. The molecule has 0 heterocycles. The lowest BCUT2D eigenvalue weighted by molar-refractivity contribution is 0.397. The SMILES string of the molecule is Oc1c(O)c2c3c(c(O)c(O)c4c3c1C=CC4)C=CC2. The zero-order chi connectivity index (χ0) is 14.0. The lowest BCUT2D eigenvalue weighted by Crippen LogP contribution is -2.02. The Balaban J connectivity index is 2.38. The molecule has 0 aliphatic heterocycles. The smallest absolute Gasteiger partial charge is 0.165 e. The summed E-state index contributed by atoms with van der Waals surface area (Å²) in [6.07, 6.45) is 8.01. The van der Waals surface area contributed by atoms with Crippen molar-refractivity contribution in [2.45, 2.75) is 12.8 Å². The molecule has 0 aromatic heterocycles. The number of phenolic OH excluding ortho intramolecular Hbond substituents is 4. The minimum Gasteiger partial charge on any atom is -0.504 e. The molecule has 0 saturated carbocycles. The predicted octanol–water partition coefficient (Wildman–Crippen LogP) is 2.80. The molecule has 0 bridgehead atoms. The Morgan fingerprint density at radius 1 is 0.600 bits per heavy atom. The highest BCUT2D eigenvalue weighted by atomic mass is 16.3. The van der Waals surface area contributed by atoms with Gasteiger partial charge in [-0.05, 0) is 12.8 Å². The van der Waals surface area contributed by atoms with E-state index in [1.807, 2.05) is 0 Å². The van der Waals surface area contributed by atoms with Gasteiger partial charge in [0.2, 0.25) is 0 Å². The molecule has 0 atom stereocenters. The molecular weight excluding hydrogens is 256 g/mol. The Bertz CT molecular complexity index is 773. The molecule has 100 valence electrons. The molecule has 2 aromatic carbocycles. The molecule has 0 amide bonds. The van der Waals surface area contributed by atoms with Crippen LogP contribution in [0.15, 0.2) is 12.2 Å². The number of hydrogen-bond acceptors (Lipinski definition) is 4. The van der Waals surface area contributed by atoms with Crippen LogP contribution in [-0.2, 0) is 12.8 Å². The van der Waals surface area contributed by atoms with Gasteiger partial charge in [0.25, 0.3) is 0 Å². The topological polar surface area (TPSA) is 80.9 Å². The van der Waals surface area contributed by atoms with E-state index in [0.29, 0.717) is 45.9 Å². The van der Waals surface area contributed by atoms with Gasteiger partial charge < -0.3 is 20.4 Å². The second kappa shape index (κ2) is 3.48. The van der Waals surface area contributed by atoms with Crippen molar-refractivity contribution in [2.75, 3.05) is 0 Å². The van der Waals surface area contributed by atoms with Gasteiger partial charge in [0, 0.05) is 33.0 Å². The monoisotopic (exact) mass is 268 g/mol. The van der Waals surface area contributed by atoms with Gasteiger partial charge in [-0.25, -0.2) is 0 Å². The average Bonchev–Trinajstić information content (AvgIpc) is 2.48. The summed E-state index contributed by atoms with van der Waals surface area (Å²) < 4.78 is 0. The van der Waals surface area contributed by atoms with Crippen molar-refractivity contribution in [3.05, 3.63) is 34.4 Å². The molecule has 0 saturated heterocycles. The highest BCUT2D eigenvalue weighted by Crippen LogP contribution is 2.52. The molecule has 0 fully saturated rings. The van der Waals surface area contributed by atoms with E-state index in [1.54, 1.807) is 24.3 Å². The summed E-state index contributed by atoms with van der Waals surface area (Å²) in [5, 5.41) is 42.1. The zero-order valence-corrected chi connectivity index (χ0v) is 10.5. The summed E-state index contributed by atoms with van der Waals surface area (Å²) in [5.41, 5.74) is 2.17. The zero-order valence-electron chi connectivity index (χ0n) is 10.5. The molecule has 0 unspecified atom stereocenters. The maximum Gasteiger partial charge on any atom is 0.165 e. The average molecular weight is 268 g/mol. The molecule has 4 rings (SSSR count). The Morgan fingerprint density at radius 2 is 1.00 bits per heavy atom. The van der Waals surface area contributed by atoms with Crippen molar-refractivity contribution < 1.29 is 20.4 Å². The Hall–Kier alpha value is -2.62. The van der Waals surface area contributed by atoms with Crippen LogP contribution in [0.5, 0.6) is 23.0 Å². The summed E-state index contributed by atoms with van der Waals surface area (Å²) in [4.78, 5) is 0. The van der Waals surface area contributed by atoms with E-state index in [-0.39, 0.29) is 23.0 Å². The van der Waals surface area contributed by atoms with Crippen molar-refractivity contribution in [1.82, 2.24) is 0 Å². The van der Waals surface area contributed by atoms with Crippen molar-refractivity contribution in [2.24, 2.45) is 0 Å². The molecule has 0 radical (unpaired) electrons. The summed E-state index contributed by atoms with van der Waals surface area (Å²) in [6, 6.07) is 0. The van der Waals surface area contributed by atoms with E-state index in [4.69, 9.17) is 0 Å². The van der Waals surface area contributed by atoms with Gasteiger partial charge in [0.05, 0.1) is 0 Å². The normalized spacial score (nSPS) is 15.0. The Labute approximate surface area is 114 Å². The quantitative estimate of drug-likeness (QED) is 0.554. The maximum atomic E-state index is 10.2. The van der Waals surface area contributed by atoms with E-state index in [1.165, 1.54) is 0 Å². The van der Waals surface area contributed by atoms with Crippen LogP contribution >= 0.6 is 0 Å². The number of hydrogen-bond donors (Lipinski definition) is 4. The molecule has 4 nitrogen and oxygen atoms in total. The molecule has 20 heavy (non-hydrogen) atoms. The van der Waals surface area contributed by atoms with Crippen LogP contribution in [0.4, 0.5) is 0 Å². The van der Waals surface area contributed by atoms with Gasteiger partial charge >= 0.3 is 0 Å². The van der Waals surface area contributed by atoms with Crippen LogP contribution in [0.2, 0.25) is 0 Å². The van der Waals surface area contributed by atoms with Crippen molar-refractivity contribution >= 4 is 22.9 Å². The highest BCUT2D eigenvalue weighted by Gasteiger charge is 2.28. The van der Waals surface area contributed by atoms with E-state index >= 15 is 0 Å².